The van der Waals surface area contributed by atoms with Gasteiger partial charge in [0.25, 0.3) is 0 Å². The molecule has 1 aliphatic carbocycles. The average Bonchev–Trinajstić information content (AvgIpc) is 2.88. The number of hydrogen-bond donors (Lipinski definition) is 2. The Morgan fingerprint density at radius 3 is 2.23 bits per heavy atom. The van der Waals surface area contributed by atoms with Crippen molar-refractivity contribution in [2.24, 2.45) is 0 Å². The van der Waals surface area contributed by atoms with Gasteiger partial charge in [0.15, 0.2) is 0 Å². The average molecular weight is 464 g/mol. The number of nitrogens with zero attached hydrogens (tertiary/aromatic N) is 1. The first-order valence-electron chi connectivity index (χ1n) is 8.04. The van der Waals surface area contributed by atoms with Gasteiger partial charge in [0.1, 0.15) is 5.69 Å². The molecule has 6 heteroatoms. The smallest absolute Gasteiger partial charge is 0.328 e. The van der Waals surface area contributed by atoms with Crippen LogP contribution in [0, 0.1) is 0 Å². The molecule has 26 heavy (non-hydrogen) atoms. The minimum Gasteiger partial charge on any atom is -1.00 e. The summed E-state index contributed by atoms with van der Waals surface area (Å²) in [6, 6.07) is 12.3. The van der Waals surface area contributed by atoms with Crippen molar-refractivity contribution in [2.75, 3.05) is 26.5 Å². The van der Waals surface area contributed by atoms with Gasteiger partial charge in [-0.3, -0.25) is 9.28 Å². The number of nitrogens with one attached hydrogen (secondary N) is 1. The van der Waals surface area contributed by atoms with Crippen molar-refractivity contribution in [2.45, 2.75) is 6.42 Å². The van der Waals surface area contributed by atoms with Crippen molar-refractivity contribution < 1.29 is 38.7 Å². The number of amides is 1. The minimum atomic E-state index is -1.15. The molecular weight excluding hydrogens is 443 g/mol. The Kier molecular flexibility index (Phi) is 5.87. The fraction of sp³-hybridized carbons (Fsp3) is 0.200. The quantitative estimate of drug-likeness (QED) is 0.326. The number of quaternary nitrogens is 1. The van der Waals surface area contributed by atoms with E-state index in [1.807, 2.05) is 18.2 Å². The second-order valence-electron chi connectivity index (χ2n) is 7.06. The van der Waals surface area contributed by atoms with E-state index < -0.39 is 11.9 Å². The van der Waals surface area contributed by atoms with Gasteiger partial charge in [0.05, 0.1) is 21.1 Å². The topological polar surface area (TPSA) is 66.4 Å². The summed E-state index contributed by atoms with van der Waals surface area (Å²) in [7, 11) is 6.42. The molecule has 2 aromatic rings. The number of carboxylic acid groups (broad SMARTS) is 1. The van der Waals surface area contributed by atoms with Crippen molar-refractivity contribution in [3.05, 3.63) is 59.7 Å². The summed E-state index contributed by atoms with van der Waals surface area (Å²) < 4.78 is 0.765. The van der Waals surface area contributed by atoms with E-state index in [0.29, 0.717) is 5.69 Å². The zero-order chi connectivity index (χ0) is 18.2. The van der Waals surface area contributed by atoms with Crippen LogP contribution in [0.2, 0.25) is 0 Å². The SMILES string of the molecule is C[N+](C)(C)c1ccc2c(c1)Cc1cc(NC(=O)/C=C/C(=O)O)ccc1-2.[I-]. The number of carboxylic acids is 1. The molecule has 0 bridgehead atoms. The van der Waals surface area contributed by atoms with Crippen LogP contribution in [-0.2, 0) is 16.0 Å². The first-order chi connectivity index (χ1) is 11.7. The zero-order valence-electron chi connectivity index (χ0n) is 14.9. The second-order valence-corrected chi connectivity index (χ2v) is 7.06. The third-order valence-corrected chi connectivity index (χ3v) is 4.28. The number of carbonyl (C=O) groups excluding carboxylic acids is 1. The summed E-state index contributed by atoms with van der Waals surface area (Å²) in [6.07, 6.45) is 2.66. The molecule has 0 aromatic heterocycles. The molecule has 0 atom stereocenters. The lowest BCUT2D eigenvalue weighted by Gasteiger charge is -2.24. The number of aliphatic carboxylic acids is 1. The molecule has 2 aromatic carbocycles. The van der Waals surface area contributed by atoms with Crippen LogP contribution in [0.15, 0.2) is 48.6 Å². The standard InChI is InChI=1S/C20H20N2O3.HI/c1-22(2,3)16-5-7-18-14(12-16)10-13-11-15(4-6-17(13)18)21-19(23)8-9-20(24)25;/h4-9,11-12H,10H2,1-3H3,(H-,21,23,24,25);1H/b9-8+;. The fourth-order valence-corrected chi connectivity index (χ4v) is 3.02. The second kappa shape index (κ2) is 7.59. The Labute approximate surface area is 169 Å². The monoisotopic (exact) mass is 464 g/mol. The molecule has 0 radical (unpaired) electrons. The Hall–Kier alpha value is -2.19. The number of anilines is 1. The Morgan fingerprint density at radius 1 is 1.00 bits per heavy atom. The van der Waals surface area contributed by atoms with E-state index in [0.717, 1.165) is 28.6 Å². The minimum absolute atomic E-state index is 0. The number of fused-ring (bicyclic) bond motifs is 3. The van der Waals surface area contributed by atoms with Gasteiger partial charge in [-0.25, -0.2) is 4.79 Å². The molecule has 0 spiro atoms. The number of carbonyl (C=O) groups is 2. The van der Waals surface area contributed by atoms with Crippen LogP contribution in [0.5, 0.6) is 0 Å². The van der Waals surface area contributed by atoms with E-state index in [9.17, 15) is 9.59 Å². The predicted octanol–water partition coefficient (Wildman–Crippen LogP) is 0.0378. The predicted molar refractivity (Wildman–Crippen MR) is 99.7 cm³/mol. The number of hydrogen-bond acceptors (Lipinski definition) is 2. The third-order valence-electron chi connectivity index (χ3n) is 4.28. The van der Waals surface area contributed by atoms with Crippen LogP contribution >= 0.6 is 0 Å². The van der Waals surface area contributed by atoms with Gasteiger partial charge in [0, 0.05) is 23.9 Å². The maximum atomic E-state index is 11.7. The number of halogens is 1. The molecule has 5 nitrogen and oxygen atoms in total. The van der Waals surface area contributed by atoms with Gasteiger partial charge in [-0.2, -0.15) is 0 Å². The van der Waals surface area contributed by atoms with Crippen molar-refractivity contribution in [3.63, 3.8) is 0 Å². The van der Waals surface area contributed by atoms with E-state index in [1.54, 1.807) is 0 Å². The van der Waals surface area contributed by atoms with Crippen molar-refractivity contribution in [1.29, 1.82) is 0 Å². The summed E-state index contributed by atoms with van der Waals surface area (Å²) in [4.78, 5) is 22.2. The lowest BCUT2D eigenvalue weighted by Crippen LogP contribution is -3.00. The Balaban J connectivity index is 0.00000243. The van der Waals surface area contributed by atoms with Crippen LogP contribution in [0.1, 0.15) is 11.1 Å². The molecule has 0 fully saturated rings. The Morgan fingerprint density at radius 2 is 1.62 bits per heavy atom. The van der Waals surface area contributed by atoms with Gasteiger partial charge >= 0.3 is 5.97 Å². The lowest BCUT2D eigenvalue weighted by molar-refractivity contribution is -0.131. The van der Waals surface area contributed by atoms with Crippen LogP contribution in [0.3, 0.4) is 0 Å². The highest BCUT2D eigenvalue weighted by Crippen LogP contribution is 2.39. The molecule has 0 saturated carbocycles. The maximum absolute atomic E-state index is 11.7. The van der Waals surface area contributed by atoms with Gasteiger partial charge in [-0.05, 0) is 52.9 Å². The normalized spacial score (nSPS) is 12.3. The van der Waals surface area contributed by atoms with Gasteiger partial charge < -0.3 is 34.4 Å². The molecule has 1 aliphatic rings. The van der Waals surface area contributed by atoms with Crippen LogP contribution in [-0.4, -0.2) is 38.1 Å². The number of benzene rings is 2. The molecule has 3 rings (SSSR count). The highest BCUT2D eigenvalue weighted by atomic mass is 127. The largest absolute Gasteiger partial charge is 1.00 e. The molecule has 0 aliphatic heterocycles. The van der Waals surface area contributed by atoms with E-state index in [4.69, 9.17) is 5.11 Å². The number of rotatable bonds is 4. The fourth-order valence-electron chi connectivity index (χ4n) is 3.02. The summed E-state index contributed by atoms with van der Waals surface area (Å²) in [5.41, 5.74) is 6.78. The maximum Gasteiger partial charge on any atom is 0.328 e. The Bertz CT molecular complexity index is 898. The molecule has 0 saturated heterocycles. The molecule has 2 N–H and O–H groups in total. The lowest BCUT2D eigenvalue weighted by atomic mass is 10.0. The van der Waals surface area contributed by atoms with E-state index in [2.05, 4.69) is 44.7 Å². The first kappa shape index (κ1) is 20.1. The van der Waals surface area contributed by atoms with Crippen LogP contribution in [0.4, 0.5) is 11.4 Å². The van der Waals surface area contributed by atoms with Gasteiger partial charge in [0.2, 0.25) is 5.91 Å². The van der Waals surface area contributed by atoms with Crippen LogP contribution in [0.25, 0.3) is 11.1 Å². The highest BCUT2D eigenvalue weighted by Gasteiger charge is 2.22. The van der Waals surface area contributed by atoms with Crippen molar-refractivity contribution >= 4 is 23.3 Å². The molecule has 0 heterocycles. The summed E-state index contributed by atoms with van der Waals surface area (Å²) >= 11 is 0. The van der Waals surface area contributed by atoms with E-state index in [1.165, 1.54) is 22.4 Å². The highest BCUT2D eigenvalue weighted by molar-refractivity contribution is 6.02. The van der Waals surface area contributed by atoms with Gasteiger partial charge in [-0.15, -0.1) is 0 Å². The van der Waals surface area contributed by atoms with Crippen LogP contribution < -0.4 is 33.8 Å². The van der Waals surface area contributed by atoms with Crippen molar-refractivity contribution in [1.82, 2.24) is 4.48 Å². The summed E-state index contributed by atoms with van der Waals surface area (Å²) in [6.45, 7) is 0. The molecular formula is C20H21IN2O3. The molecule has 136 valence electrons. The summed E-state index contributed by atoms with van der Waals surface area (Å²) in [5.74, 6) is -1.60. The zero-order valence-corrected chi connectivity index (χ0v) is 17.1. The van der Waals surface area contributed by atoms with E-state index >= 15 is 0 Å². The molecule has 0 unspecified atom stereocenters. The van der Waals surface area contributed by atoms with Crippen molar-refractivity contribution in [3.8, 4) is 11.1 Å². The van der Waals surface area contributed by atoms with E-state index in [-0.39, 0.29) is 24.0 Å². The summed E-state index contributed by atoms with van der Waals surface area (Å²) in [5, 5.41) is 11.3. The van der Waals surface area contributed by atoms with Gasteiger partial charge in [-0.1, -0.05) is 6.07 Å². The molecule has 1 amide bonds. The first-order valence-corrected chi connectivity index (χ1v) is 8.04. The third kappa shape index (κ3) is 4.31.